The van der Waals surface area contributed by atoms with Crippen molar-refractivity contribution in [2.75, 3.05) is 13.2 Å². The van der Waals surface area contributed by atoms with Crippen molar-refractivity contribution in [2.45, 2.75) is 20.8 Å². The van der Waals surface area contributed by atoms with Crippen LogP contribution in [0.2, 0.25) is 0 Å². The standard InChI is InChI=1S/C18H19NO4/c1-4-22-17(20)15-14(13-9-7-6-8-10-13)12(3)11-19-16(15)18(21)23-5-2/h6-11H,4-5H2,1-3H3. The molecule has 0 aliphatic rings. The zero-order chi connectivity index (χ0) is 16.8. The third-order valence-electron chi connectivity index (χ3n) is 3.28. The Hall–Kier alpha value is -2.69. The fourth-order valence-electron chi connectivity index (χ4n) is 2.34. The maximum atomic E-state index is 12.5. The molecular weight excluding hydrogens is 294 g/mol. The Morgan fingerprint density at radius 2 is 1.61 bits per heavy atom. The van der Waals surface area contributed by atoms with E-state index in [4.69, 9.17) is 9.47 Å². The van der Waals surface area contributed by atoms with Gasteiger partial charge in [0, 0.05) is 11.8 Å². The van der Waals surface area contributed by atoms with Gasteiger partial charge in [0.2, 0.25) is 0 Å². The second kappa shape index (κ2) is 7.54. The molecule has 2 aromatic rings. The van der Waals surface area contributed by atoms with Crippen LogP contribution >= 0.6 is 0 Å². The summed E-state index contributed by atoms with van der Waals surface area (Å²) >= 11 is 0. The van der Waals surface area contributed by atoms with Gasteiger partial charge in [-0.2, -0.15) is 0 Å². The summed E-state index contributed by atoms with van der Waals surface area (Å²) in [6.45, 7) is 5.68. The van der Waals surface area contributed by atoms with Crippen LogP contribution in [0.1, 0.15) is 40.3 Å². The van der Waals surface area contributed by atoms with E-state index in [1.165, 1.54) is 0 Å². The fourth-order valence-corrected chi connectivity index (χ4v) is 2.34. The molecule has 0 aliphatic heterocycles. The first-order valence-corrected chi connectivity index (χ1v) is 7.49. The number of hydrogen-bond donors (Lipinski definition) is 0. The molecule has 0 amide bonds. The number of rotatable bonds is 5. The van der Waals surface area contributed by atoms with Crippen LogP contribution in [0, 0.1) is 6.92 Å². The first-order chi connectivity index (χ1) is 11.1. The molecule has 0 saturated heterocycles. The van der Waals surface area contributed by atoms with Crippen LogP contribution in [-0.2, 0) is 9.47 Å². The van der Waals surface area contributed by atoms with Crippen LogP contribution in [0.3, 0.4) is 0 Å². The van der Waals surface area contributed by atoms with E-state index < -0.39 is 11.9 Å². The highest BCUT2D eigenvalue weighted by Gasteiger charge is 2.26. The third kappa shape index (κ3) is 3.56. The number of carbonyl (C=O) groups excluding carboxylic acids is 2. The average molecular weight is 313 g/mol. The van der Waals surface area contributed by atoms with Gasteiger partial charge in [-0.1, -0.05) is 30.3 Å². The van der Waals surface area contributed by atoms with E-state index >= 15 is 0 Å². The summed E-state index contributed by atoms with van der Waals surface area (Å²) in [6.07, 6.45) is 1.57. The van der Waals surface area contributed by atoms with Gasteiger partial charge >= 0.3 is 11.9 Å². The second-order valence-corrected chi connectivity index (χ2v) is 4.85. The Morgan fingerprint density at radius 1 is 1.00 bits per heavy atom. The first kappa shape index (κ1) is 16.7. The summed E-state index contributed by atoms with van der Waals surface area (Å²) in [5.41, 5.74) is 2.38. The van der Waals surface area contributed by atoms with Gasteiger partial charge in [0.25, 0.3) is 0 Å². The van der Waals surface area contributed by atoms with Crippen LogP contribution in [0.15, 0.2) is 36.5 Å². The highest BCUT2D eigenvalue weighted by molar-refractivity contribution is 6.07. The molecule has 5 nitrogen and oxygen atoms in total. The van der Waals surface area contributed by atoms with E-state index in [0.29, 0.717) is 5.56 Å². The summed E-state index contributed by atoms with van der Waals surface area (Å²) in [5.74, 6) is -1.21. The largest absolute Gasteiger partial charge is 0.462 e. The number of aromatic nitrogens is 1. The van der Waals surface area contributed by atoms with Gasteiger partial charge < -0.3 is 9.47 Å². The lowest BCUT2D eigenvalue weighted by atomic mass is 9.95. The molecule has 1 heterocycles. The van der Waals surface area contributed by atoms with E-state index in [-0.39, 0.29) is 24.5 Å². The van der Waals surface area contributed by atoms with Crippen molar-refractivity contribution in [1.29, 1.82) is 0 Å². The van der Waals surface area contributed by atoms with E-state index in [1.807, 2.05) is 37.3 Å². The van der Waals surface area contributed by atoms with Crippen molar-refractivity contribution >= 4 is 11.9 Å². The van der Waals surface area contributed by atoms with Crippen LogP contribution in [-0.4, -0.2) is 30.1 Å². The molecule has 0 unspecified atom stereocenters. The van der Waals surface area contributed by atoms with Gasteiger partial charge in [-0.25, -0.2) is 14.6 Å². The molecule has 0 fully saturated rings. The SMILES string of the molecule is CCOC(=O)c1ncc(C)c(-c2ccccc2)c1C(=O)OCC. The number of esters is 2. The normalized spacial score (nSPS) is 10.2. The minimum absolute atomic E-state index is 0.0187. The molecular formula is C18H19NO4. The molecule has 1 aromatic carbocycles. The van der Waals surface area contributed by atoms with Crippen LogP contribution < -0.4 is 0 Å². The Morgan fingerprint density at radius 3 is 2.22 bits per heavy atom. The highest BCUT2D eigenvalue weighted by atomic mass is 16.5. The Balaban J connectivity index is 2.70. The molecule has 23 heavy (non-hydrogen) atoms. The summed E-state index contributed by atoms with van der Waals surface area (Å²) in [7, 11) is 0. The molecule has 5 heteroatoms. The number of hydrogen-bond acceptors (Lipinski definition) is 5. The molecule has 0 atom stereocenters. The van der Waals surface area contributed by atoms with Crippen LogP contribution in [0.25, 0.3) is 11.1 Å². The minimum Gasteiger partial charge on any atom is -0.462 e. The minimum atomic E-state index is -0.632. The molecule has 1 aromatic heterocycles. The Bertz CT molecular complexity index is 710. The number of pyridine rings is 1. The summed E-state index contributed by atoms with van der Waals surface area (Å²) in [5, 5.41) is 0. The van der Waals surface area contributed by atoms with E-state index in [0.717, 1.165) is 11.1 Å². The van der Waals surface area contributed by atoms with Crippen molar-refractivity contribution in [3.05, 3.63) is 53.3 Å². The zero-order valence-electron chi connectivity index (χ0n) is 13.5. The quantitative estimate of drug-likeness (QED) is 0.791. The number of benzene rings is 1. The summed E-state index contributed by atoms with van der Waals surface area (Å²) in [4.78, 5) is 28.7. The van der Waals surface area contributed by atoms with Crippen LogP contribution in [0.4, 0.5) is 0 Å². The smallest absolute Gasteiger partial charge is 0.357 e. The molecule has 0 spiro atoms. The van der Waals surface area contributed by atoms with Gasteiger partial charge in [0.1, 0.15) is 5.56 Å². The van der Waals surface area contributed by atoms with Crippen molar-refractivity contribution < 1.29 is 19.1 Å². The second-order valence-electron chi connectivity index (χ2n) is 4.85. The first-order valence-electron chi connectivity index (χ1n) is 7.49. The lowest BCUT2D eigenvalue weighted by Crippen LogP contribution is -2.18. The number of nitrogens with zero attached hydrogens (tertiary/aromatic N) is 1. The molecule has 0 N–H and O–H groups in total. The van der Waals surface area contributed by atoms with Gasteiger partial charge in [-0.3, -0.25) is 0 Å². The zero-order valence-corrected chi connectivity index (χ0v) is 13.5. The maximum absolute atomic E-state index is 12.5. The Kier molecular flexibility index (Phi) is 5.46. The fraction of sp³-hybridized carbons (Fsp3) is 0.278. The number of carbonyl (C=O) groups is 2. The molecule has 0 bridgehead atoms. The van der Waals surface area contributed by atoms with Crippen LogP contribution in [0.5, 0.6) is 0 Å². The van der Waals surface area contributed by atoms with Gasteiger partial charge in [0.15, 0.2) is 5.69 Å². The topological polar surface area (TPSA) is 65.5 Å². The molecule has 0 radical (unpaired) electrons. The van der Waals surface area contributed by atoms with E-state index in [1.54, 1.807) is 20.0 Å². The molecule has 0 saturated carbocycles. The van der Waals surface area contributed by atoms with Crippen molar-refractivity contribution in [3.63, 3.8) is 0 Å². The number of aryl methyl sites for hydroxylation is 1. The third-order valence-corrected chi connectivity index (χ3v) is 3.28. The van der Waals surface area contributed by atoms with Crippen molar-refractivity contribution in [3.8, 4) is 11.1 Å². The lowest BCUT2D eigenvalue weighted by Gasteiger charge is -2.15. The highest BCUT2D eigenvalue weighted by Crippen LogP contribution is 2.29. The average Bonchev–Trinajstić information content (AvgIpc) is 2.55. The molecule has 120 valence electrons. The lowest BCUT2D eigenvalue weighted by molar-refractivity contribution is 0.0474. The van der Waals surface area contributed by atoms with Gasteiger partial charge in [0.05, 0.1) is 13.2 Å². The summed E-state index contributed by atoms with van der Waals surface area (Å²) in [6, 6.07) is 9.37. The van der Waals surface area contributed by atoms with Gasteiger partial charge in [-0.05, 0) is 31.9 Å². The predicted octanol–water partition coefficient (Wildman–Crippen LogP) is 3.41. The van der Waals surface area contributed by atoms with Crippen molar-refractivity contribution in [1.82, 2.24) is 4.98 Å². The molecule has 2 rings (SSSR count). The maximum Gasteiger partial charge on any atom is 0.357 e. The van der Waals surface area contributed by atoms with E-state index in [9.17, 15) is 9.59 Å². The predicted molar refractivity (Wildman–Crippen MR) is 86.3 cm³/mol. The van der Waals surface area contributed by atoms with Gasteiger partial charge in [-0.15, -0.1) is 0 Å². The Labute approximate surface area is 135 Å². The number of ether oxygens (including phenoxy) is 2. The van der Waals surface area contributed by atoms with Crippen molar-refractivity contribution in [2.24, 2.45) is 0 Å². The summed E-state index contributed by atoms with van der Waals surface area (Å²) < 4.78 is 10.1. The monoisotopic (exact) mass is 313 g/mol. The van der Waals surface area contributed by atoms with E-state index in [2.05, 4.69) is 4.98 Å². The molecule has 0 aliphatic carbocycles.